The Morgan fingerprint density at radius 3 is 2.46 bits per heavy atom. The fourth-order valence-electron chi connectivity index (χ4n) is 2.03. The highest BCUT2D eigenvalue weighted by atomic mass is 19.1. The first kappa shape index (κ1) is 17.2. The van der Waals surface area contributed by atoms with Crippen LogP contribution in [0.25, 0.3) is 0 Å². The number of nitrogens with one attached hydrogen (secondary N) is 3. The number of carbonyl (C=O) groups excluding carboxylic acids is 1. The third kappa shape index (κ3) is 3.59. The van der Waals surface area contributed by atoms with Crippen molar-refractivity contribution in [3.8, 4) is 0 Å². The molecule has 0 radical (unpaired) electrons. The zero-order valence-corrected chi connectivity index (χ0v) is 12.5. The summed E-state index contributed by atoms with van der Waals surface area (Å²) in [7, 11) is 0. The standard InChI is InChI=1S/C14H14F2N4O4/c1-2-17-11-10(13(22)20(24)14(23)19-11)12(21)18-6-7-3-8(15)5-9(16)4-7/h3-5,17,24H,2,6H2,1H3,(H,18,21)(H,19,23). The number of hydrogen-bond donors (Lipinski definition) is 4. The molecule has 0 aliphatic heterocycles. The van der Waals surface area contributed by atoms with Crippen LogP contribution >= 0.6 is 0 Å². The van der Waals surface area contributed by atoms with Crippen LogP contribution < -0.4 is 21.9 Å². The third-order valence-corrected chi connectivity index (χ3v) is 3.04. The number of aromatic nitrogens is 2. The van der Waals surface area contributed by atoms with Crippen molar-refractivity contribution in [3.05, 3.63) is 61.8 Å². The van der Waals surface area contributed by atoms with Gasteiger partial charge in [-0.3, -0.25) is 14.6 Å². The minimum Gasteiger partial charge on any atom is -0.421 e. The summed E-state index contributed by atoms with van der Waals surface area (Å²) >= 11 is 0. The Kier molecular flexibility index (Phi) is 4.97. The number of carbonyl (C=O) groups is 1. The molecule has 1 heterocycles. The Labute approximate surface area is 133 Å². The van der Waals surface area contributed by atoms with E-state index in [1.54, 1.807) is 6.92 Å². The van der Waals surface area contributed by atoms with E-state index in [0.717, 1.165) is 12.1 Å². The smallest absolute Gasteiger partial charge is 0.363 e. The van der Waals surface area contributed by atoms with Crippen molar-refractivity contribution in [2.45, 2.75) is 13.5 Å². The molecule has 0 saturated carbocycles. The van der Waals surface area contributed by atoms with Crippen LogP contribution in [0.2, 0.25) is 0 Å². The molecule has 2 aromatic rings. The van der Waals surface area contributed by atoms with Crippen LogP contribution in [0.3, 0.4) is 0 Å². The van der Waals surface area contributed by atoms with E-state index in [9.17, 15) is 28.4 Å². The van der Waals surface area contributed by atoms with Gasteiger partial charge in [0.1, 0.15) is 23.0 Å². The predicted octanol–water partition coefficient (Wildman–Crippen LogP) is 0.414. The molecule has 4 N–H and O–H groups in total. The van der Waals surface area contributed by atoms with Crippen LogP contribution in [0.1, 0.15) is 22.8 Å². The van der Waals surface area contributed by atoms with E-state index in [-0.39, 0.29) is 22.7 Å². The number of halogens is 2. The first-order valence-electron chi connectivity index (χ1n) is 6.89. The van der Waals surface area contributed by atoms with Gasteiger partial charge in [-0.15, -0.1) is 0 Å². The summed E-state index contributed by atoms with van der Waals surface area (Å²) in [6, 6.07) is 2.72. The van der Waals surface area contributed by atoms with Crippen LogP contribution in [-0.2, 0) is 6.54 Å². The molecular weight excluding hydrogens is 326 g/mol. The highest BCUT2D eigenvalue weighted by Crippen LogP contribution is 2.09. The second-order valence-corrected chi connectivity index (χ2v) is 4.79. The monoisotopic (exact) mass is 340 g/mol. The average molecular weight is 340 g/mol. The highest BCUT2D eigenvalue weighted by molar-refractivity contribution is 5.98. The van der Waals surface area contributed by atoms with Gasteiger partial charge in [0, 0.05) is 19.2 Å². The van der Waals surface area contributed by atoms with Crippen LogP contribution in [-0.4, -0.2) is 27.4 Å². The molecular formula is C14H14F2N4O4. The average Bonchev–Trinajstić information content (AvgIpc) is 2.50. The molecule has 24 heavy (non-hydrogen) atoms. The fourth-order valence-corrected chi connectivity index (χ4v) is 2.03. The molecule has 8 nitrogen and oxygen atoms in total. The van der Waals surface area contributed by atoms with Crippen LogP contribution in [0.15, 0.2) is 27.8 Å². The second kappa shape index (κ2) is 6.94. The molecule has 0 aliphatic rings. The summed E-state index contributed by atoms with van der Waals surface area (Å²) in [6.45, 7) is 1.70. The number of amides is 1. The summed E-state index contributed by atoms with van der Waals surface area (Å²) in [4.78, 5) is 37.6. The Bertz CT molecular complexity index is 871. The molecule has 10 heteroatoms. The Morgan fingerprint density at radius 2 is 1.88 bits per heavy atom. The summed E-state index contributed by atoms with van der Waals surface area (Å²) < 4.78 is 26.0. The number of nitrogens with zero attached hydrogens (tertiary/aromatic N) is 1. The number of aromatic amines is 1. The number of benzene rings is 1. The van der Waals surface area contributed by atoms with E-state index in [2.05, 4.69) is 15.6 Å². The van der Waals surface area contributed by atoms with Crippen LogP contribution in [0.5, 0.6) is 0 Å². The molecule has 0 atom stereocenters. The molecule has 1 amide bonds. The highest BCUT2D eigenvalue weighted by Gasteiger charge is 2.20. The Morgan fingerprint density at radius 1 is 1.25 bits per heavy atom. The van der Waals surface area contributed by atoms with Crippen LogP contribution in [0, 0.1) is 11.6 Å². The lowest BCUT2D eigenvalue weighted by atomic mass is 10.2. The Balaban J connectivity index is 2.31. The van der Waals surface area contributed by atoms with Gasteiger partial charge in [-0.2, -0.15) is 0 Å². The molecule has 0 fully saturated rings. The first-order chi connectivity index (χ1) is 11.3. The molecule has 0 saturated heterocycles. The third-order valence-electron chi connectivity index (χ3n) is 3.04. The van der Waals surface area contributed by atoms with Gasteiger partial charge >= 0.3 is 11.2 Å². The van der Waals surface area contributed by atoms with Crippen molar-refractivity contribution in [3.63, 3.8) is 0 Å². The molecule has 128 valence electrons. The minimum absolute atomic E-state index is 0.139. The number of H-pyrrole nitrogens is 1. The minimum atomic E-state index is -1.22. The summed E-state index contributed by atoms with van der Waals surface area (Å²) in [5, 5.41) is 14.3. The normalized spacial score (nSPS) is 10.5. The predicted molar refractivity (Wildman–Crippen MR) is 80.2 cm³/mol. The van der Waals surface area contributed by atoms with Gasteiger partial charge in [0.05, 0.1) is 0 Å². The fraction of sp³-hybridized carbons (Fsp3) is 0.214. The largest absolute Gasteiger partial charge is 0.421 e. The van der Waals surface area contributed by atoms with Crippen molar-refractivity contribution in [2.75, 3.05) is 11.9 Å². The summed E-state index contributed by atoms with van der Waals surface area (Å²) in [5.41, 5.74) is -2.73. The molecule has 0 spiro atoms. The van der Waals surface area contributed by atoms with E-state index in [0.29, 0.717) is 12.6 Å². The number of hydrogen-bond acceptors (Lipinski definition) is 5. The van der Waals surface area contributed by atoms with Gasteiger partial charge in [-0.25, -0.2) is 13.6 Å². The first-order valence-corrected chi connectivity index (χ1v) is 6.89. The molecule has 1 aromatic heterocycles. The molecule has 1 aromatic carbocycles. The van der Waals surface area contributed by atoms with E-state index in [1.807, 2.05) is 0 Å². The van der Waals surface area contributed by atoms with Gasteiger partial charge in [0.15, 0.2) is 0 Å². The number of anilines is 1. The van der Waals surface area contributed by atoms with Crippen LogP contribution in [0.4, 0.5) is 14.6 Å². The molecule has 2 rings (SSSR count). The maximum Gasteiger partial charge on any atom is 0.363 e. The zero-order valence-electron chi connectivity index (χ0n) is 12.5. The molecule has 0 aliphatic carbocycles. The second-order valence-electron chi connectivity index (χ2n) is 4.79. The van der Waals surface area contributed by atoms with Gasteiger partial charge in [-0.1, -0.05) is 4.73 Å². The lowest BCUT2D eigenvalue weighted by Gasteiger charge is -2.11. The van der Waals surface area contributed by atoms with Crippen molar-refractivity contribution >= 4 is 11.7 Å². The number of rotatable bonds is 5. The van der Waals surface area contributed by atoms with Gasteiger partial charge in [-0.05, 0) is 24.6 Å². The maximum absolute atomic E-state index is 13.1. The van der Waals surface area contributed by atoms with E-state index in [4.69, 9.17) is 0 Å². The van der Waals surface area contributed by atoms with E-state index in [1.165, 1.54) is 0 Å². The topological polar surface area (TPSA) is 116 Å². The van der Waals surface area contributed by atoms with Gasteiger partial charge in [0.2, 0.25) is 0 Å². The van der Waals surface area contributed by atoms with Gasteiger partial charge < -0.3 is 15.8 Å². The lowest BCUT2D eigenvalue weighted by molar-refractivity contribution is 0.0940. The summed E-state index contributed by atoms with van der Waals surface area (Å²) in [5.74, 6) is -2.72. The maximum atomic E-state index is 13.1. The van der Waals surface area contributed by atoms with Crippen molar-refractivity contribution in [2.24, 2.45) is 0 Å². The zero-order chi connectivity index (χ0) is 17.9. The summed E-state index contributed by atoms with van der Waals surface area (Å²) in [6.07, 6.45) is 0. The molecule has 0 bridgehead atoms. The van der Waals surface area contributed by atoms with Crippen molar-refractivity contribution in [1.82, 2.24) is 15.0 Å². The SMILES string of the molecule is CCNc1[nH]c(=O)n(O)c(=O)c1C(=O)NCc1cc(F)cc(F)c1. The van der Waals surface area contributed by atoms with E-state index >= 15 is 0 Å². The van der Waals surface area contributed by atoms with Crippen molar-refractivity contribution in [1.29, 1.82) is 0 Å². The lowest BCUT2D eigenvalue weighted by Crippen LogP contribution is -2.41. The van der Waals surface area contributed by atoms with Crippen molar-refractivity contribution < 1.29 is 18.8 Å². The Hall–Kier alpha value is -3.17. The van der Waals surface area contributed by atoms with Gasteiger partial charge in [0.25, 0.3) is 5.91 Å². The van der Waals surface area contributed by atoms with E-state index < -0.39 is 34.4 Å². The molecule has 0 unspecified atom stereocenters. The quantitative estimate of drug-likeness (QED) is 0.589.